The lowest BCUT2D eigenvalue weighted by atomic mass is 9.85. The molecular weight excluding hydrogens is 270 g/mol. The van der Waals surface area contributed by atoms with Crippen LogP contribution >= 0.6 is 11.3 Å². The Morgan fingerprint density at radius 1 is 1.25 bits per heavy atom. The molecule has 0 bridgehead atoms. The largest absolute Gasteiger partial charge is 0.360 e. The number of carbonyl (C=O) groups excluding carboxylic acids is 1. The average molecular weight is 293 g/mol. The summed E-state index contributed by atoms with van der Waals surface area (Å²) in [6.07, 6.45) is 4.09. The summed E-state index contributed by atoms with van der Waals surface area (Å²) in [5.41, 5.74) is 6.00. The highest BCUT2D eigenvalue weighted by Gasteiger charge is 2.30. The smallest absolute Gasteiger partial charge is 0.225 e. The fourth-order valence-electron chi connectivity index (χ4n) is 3.31. The minimum atomic E-state index is 0.173. The first-order valence-corrected chi connectivity index (χ1v) is 8.45. The second-order valence-corrected chi connectivity index (χ2v) is 6.81. The van der Waals surface area contributed by atoms with Crippen LogP contribution in [0.2, 0.25) is 0 Å². The van der Waals surface area contributed by atoms with Gasteiger partial charge in [0.05, 0.1) is 5.00 Å². The first-order chi connectivity index (χ1) is 9.74. The first kappa shape index (κ1) is 13.9. The minimum absolute atomic E-state index is 0.173. The van der Waals surface area contributed by atoms with Gasteiger partial charge in [0.25, 0.3) is 0 Å². The Kier molecular flexibility index (Phi) is 4.27. The maximum Gasteiger partial charge on any atom is 0.225 e. The van der Waals surface area contributed by atoms with E-state index in [2.05, 4.69) is 22.4 Å². The van der Waals surface area contributed by atoms with Gasteiger partial charge in [-0.2, -0.15) is 0 Å². The number of hydrogen-bond acceptors (Lipinski definition) is 4. The van der Waals surface area contributed by atoms with Crippen molar-refractivity contribution in [1.82, 2.24) is 4.90 Å². The van der Waals surface area contributed by atoms with Crippen molar-refractivity contribution in [3.05, 3.63) is 17.5 Å². The highest BCUT2D eigenvalue weighted by Crippen LogP contribution is 2.27. The number of thiophene rings is 1. The number of anilines is 1. The van der Waals surface area contributed by atoms with Gasteiger partial charge in [-0.15, -0.1) is 11.3 Å². The number of hydrogen-bond donors (Lipinski definition) is 1. The third-order valence-corrected chi connectivity index (χ3v) is 5.40. The van der Waals surface area contributed by atoms with Crippen LogP contribution in [0.15, 0.2) is 17.5 Å². The predicted molar refractivity (Wildman–Crippen MR) is 83.0 cm³/mol. The van der Waals surface area contributed by atoms with Crippen LogP contribution in [0.5, 0.6) is 0 Å². The monoisotopic (exact) mass is 293 g/mol. The van der Waals surface area contributed by atoms with Gasteiger partial charge in [0, 0.05) is 38.1 Å². The van der Waals surface area contributed by atoms with Gasteiger partial charge in [-0.05, 0) is 36.8 Å². The Morgan fingerprint density at radius 2 is 2.05 bits per heavy atom. The van der Waals surface area contributed by atoms with Gasteiger partial charge in [0.2, 0.25) is 5.91 Å². The number of carbonyl (C=O) groups is 1. The number of nitrogens with zero attached hydrogens (tertiary/aromatic N) is 2. The van der Waals surface area contributed by atoms with E-state index in [4.69, 9.17) is 5.73 Å². The van der Waals surface area contributed by atoms with Gasteiger partial charge in [-0.1, -0.05) is 6.42 Å². The van der Waals surface area contributed by atoms with Crippen molar-refractivity contribution in [3.8, 4) is 0 Å². The number of nitrogens with two attached hydrogens (primary N) is 1. The highest BCUT2D eigenvalue weighted by atomic mass is 32.1. The summed E-state index contributed by atoms with van der Waals surface area (Å²) in [5.74, 6) is 0.512. The van der Waals surface area contributed by atoms with Crippen molar-refractivity contribution in [2.75, 3.05) is 31.1 Å². The van der Waals surface area contributed by atoms with E-state index in [0.717, 1.165) is 51.9 Å². The molecule has 1 aromatic heterocycles. The van der Waals surface area contributed by atoms with Crippen molar-refractivity contribution < 1.29 is 4.79 Å². The average Bonchev–Trinajstić information content (AvgIpc) is 3.01. The second-order valence-electron chi connectivity index (χ2n) is 5.89. The van der Waals surface area contributed by atoms with Crippen LogP contribution in [0.1, 0.15) is 25.7 Å². The Balaban J connectivity index is 1.53. The molecule has 0 aromatic carbocycles. The van der Waals surface area contributed by atoms with Gasteiger partial charge >= 0.3 is 0 Å². The Labute approximate surface area is 124 Å². The molecule has 20 heavy (non-hydrogen) atoms. The molecule has 2 heterocycles. The van der Waals surface area contributed by atoms with Crippen LogP contribution in [0.3, 0.4) is 0 Å². The van der Waals surface area contributed by atoms with Gasteiger partial charge in [-0.3, -0.25) is 4.79 Å². The molecule has 1 amide bonds. The van der Waals surface area contributed by atoms with Gasteiger partial charge in [-0.25, -0.2) is 0 Å². The molecule has 2 atom stereocenters. The van der Waals surface area contributed by atoms with Crippen molar-refractivity contribution in [1.29, 1.82) is 0 Å². The van der Waals surface area contributed by atoms with Crippen molar-refractivity contribution in [3.63, 3.8) is 0 Å². The quantitative estimate of drug-likeness (QED) is 0.906. The molecule has 2 N–H and O–H groups in total. The van der Waals surface area contributed by atoms with E-state index in [1.165, 1.54) is 5.00 Å². The third-order valence-electron chi connectivity index (χ3n) is 4.47. The van der Waals surface area contributed by atoms with E-state index in [1.807, 2.05) is 4.90 Å². The molecule has 2 aliphatic rings. The maximum absolute atomic E-state index is 12.5. The third kappa shape index (κ3) is 2.99. The van der Waals surface area contributed by atoms with E-state index >= 15 is 0 Å². The highest BCUT2D eigenvalue weighted by molar-refractivity contribution is 7.14. The molecule has 1 saturated heterocycles. The summed E-state index contributed by atoms with van der Waals surface area (Å²) in [5, 5.41) is 3.42. The molecule has 1 aliphatic heterocycles. The molecule has 0 spiro atoms. The SMILES string of the molecule is NC1CCCC(C(=O)N2CCN(c3cccs3)CC2)C1. The molecular formula is C15H23N3OS. The van der Waals surface area contributed by atoms with E-state index in [1.54, 1.807) is 11.3 Å². The lowest BCUT2D eigenvalue weighted by molar-refractivity contribution is -0.137. The fraction of sp³-hybridized carbons (Fsp3) is 0.667. The van der Waals surface area contributed by atoms with E-state index in [-0.39, 0.29) is 12.0 Å². The molecule has 1 saturated carbocycles. The summed E-state index contributed by atoms with van der Waals surface area (Å²) in [6.45, 7) is 3.60. The van der Waals surface area contributed by atoms with Crippen LogP contribution in [0.4, 0.5) is 5.00 Å². The zero-order chi connectivity index (χ0) is 13.9. The fourth-order valence-corrected chi connectivity index (χ4v) is 4.09. The zero-order valence-corrected chi connectivity index (χ0v) is 12.6. The standard InChI is InChI=1S/C15H23N3OS/c16-13-4-1-3-12(11-13)15(19)18-8-6-17(7-9-18)14-5-2-10-20-14/h2,5,10,12-13H,1,3-4,6-9,11,16H2. The van der Waals surface area contributed by atoms with Crippen LogP contribution in [-0.4, -0.2) is 43.0 Å². The second kappa shape index (κ2) is 6.14. The topological polar surface area (TPSA) is 49.6 Å². The molecule has 3 rings (SSSR count). The molecule has 5 heteroatoms. The predicted octanol–water partition coefficient (Wildman–Crippen LogP) is 1.91. The van der Waals surface area contributed by atoms with Gasteiger partial charge < -0.3 is 15.5 Å². The van der Waals surface area contributed by atoms with Crippen molar-refractivity contribution in [2.45, 2.75) is 31.7 Å². The number of piperazine rings is 1. The summed E-state index contributed by atoms with van der Waals surface area (Å²) in [6, 6.07) is 4.47. The molecule has 2 fully saturated rings. The van der Waals surface area contributed by atoms with E-state index in [0.29, 0.717) is 5.91 Å². The summed E-state index contributed by atoms with van der Waals surface area (Å²) in [4.78, 5) is 17.0. The minimum Gasteiger partial charge on any atom is -0.360 e. The normalized spacial score (nSPS) is 27.6. The Bertz CT molecular complexity index is 440. The Hall–Kier alpha value is -1.07. The van der Waals surface area contributed by atoms with Crippen LogP contribution in [-0.2, 0) is 4.79 Å². The molecule has 2 unspecified atom stereocenters. The van der Waals surface area contributed by atoms with E-state index < -0.39 is 0 Å². The van der Waals surface area contributed by atoms with Crippen molar-refractivity contribution >= 4 is 22.2 Å². The molecule has 110 valence electrons. The first-order valence-electron chi connectivity index (χ1n) is 7.57. The van der Waals surface area contributed by atoms with Crippen LogP contribution < -0.4 is 10.6 Å². The molecule has 1 aliphatic carbocycles. The van der Waals surface area contributed by atoms with Gasteiger partial charge in [0.15, 0.2) is 0 Å². The van der Waals surface area contributed by atoms with Crippen LogP contribution in [0, 0.1) is 5.92 Å². The molecule has 4 nitrogen and oxygen atoms in total. The summed E-state index contributed by atoms with van der Waals surface area (Å²) < 4.78 is 0. The molecule has 0 radical (unpaired) electrons. The number of rotatable bonds is 2. The zero-order valence-electron chi connectivity index (χ0n) is 11.8. The lowest BCUT2D eigenvalue weighted by Gasteiger charge is -2.38. The molecule has 1 aromatic rings. The van der Waals surface area contributed by atoms with Crippen LogP contribution in [0.25, 0.3) is 0 Å². The summed E-state index contributed by atoms with van der Waals surface area (Å²) >= 11 is 1.77. The van der Waals surface area contributed by atoms with Crippen molar-refractivity contribution in [2.24, 2.45) is 11.7 Å². The Morgan fingerprint density at radius 3 is 2.70 bits per heavy atom. The lowest BCUT2D eigenvalue weighted by Crippen LogP contribution is -2.51. The van der Waals surface area contributed by atoms with Gasteiger partial charge in [0.1, 0.15) is 0 Å². The summed E-state index contributed by atoms with van der Waals surface area (Å²) in [7, 11) is 0. The maximum atomic E-state index is 12.5. The number of amides is 1. The van der Waals surface area contributed by atoms with E-state index in [9.17, 15) is 4.79 Å².